The highest BCUT2D eigenvalue weighted by Crippen LogP contribution is 2.35. The fourth-order valence-corrected chi connectivity index (χ4v) is 3.97. The normalized spacial score (nSPS) is 15.1. The van der Waals surface area contributed by atoms with Gasteiger partial charge >= 0.3 is 6.03 Å². The maximum Gasteiger partial charge on any atom is 0.322 e. The van der Waals surface area contributed by atoms with Gasteiger partial charge in [0.1, 0.15) is 0 Å². The molecule has 0 saturated carbocycles. The number of fused-ring (bicyclic) bond motifs is 1. The van der Waals surface area contributed by atoms with E-state index in [1.54, 1.807) is 23.1 Å². The van der Waals surface area contributed by atoms with Crippen molar-refractivity contribution in [2.75, 3.05) is 43.2 Å². The van der Waals surface area contributed by atoms with E-state index in [1.807, 2.05) is 30.3 Å². The van der Waals surface area contributed by atoms with Gasteiger partial charge in [-0.3, -0.25) is 0 Å². The van der Waals surface area contributed by atoms with Crippen LogP contribution in [-0.2, 0) is 0 Å². The van der Waals surface area contributed by atoms with Crippen molar-refractivity contribution < 1.29 is 14.3 Å². The minimum Gasteiger partial charge on any atom is -0.454 e. The van der Waals surface area contributed by atoms with Crippen molar-refractivity contribution in [3.63, 3.8) is 0 Å². The van der Waals surface area contributed by atoms with Gasteiger partial charge in [-0.1, -0.05) is 23.2 Å². The second-order valence-electron chi connectivity index (χ2n) is 7.37. The summed E-state index contributed by atoms with van der Waals surface area (Å²) < 4.78 is 10.8. The Morgan fingerprint density at radius 2 is 1.72 bits per heavy atom. The van der Waals surface area contributed by atoms with E-state index in [0.717, 1.165) is 22.8 Å². The molecular formula is C22H19Cl2N5O3. The SMILES string of the molecule is O=C(Nc1cc(Cl)ccc1Cl)N1CCN(c2ccc(-c3ccc4c(c3)OCO4)nn2)CC1. The average molecular weight is 472 g/mol. The number of anilines is 2. The molecular weight excluding hydrogens is 453 g/mol. The van der Waals surface area contributed by atoms with E-state index in [0.29, 0.717) is 47.7 Å². The third kappa shape index (κ3) is 4.24. The number of amides is 2. The Morgan fingerprint density at radius 3 is 2.50 bits per heavy atom. The van der Waals surface area contributed by atoms with Crippen LogP contribution in [0, 0.1) is 0 Å². The van der Waals surface area contributed by atoms with E-state index >= 15 is 0 Å². The van der Waals surface area contributed by atoms with Gasteiger partial charge in [0.25, 0.3) is 0 Å². The van der Waals surface area contributed by atoms with Crippen molar-refractivity contribution in [3.8, 4) is 22.8 Å². The van der Waals surface area contributed by atoms with E-state index in [1.165, 1.54) is 0 Å². The fraction of sp³-hybridized carbons (Fsp3) is 0.227. The Bertz CT molecular complexity index is 1150. The zero-order chi connectivity index (χ0) is 22.1. The van der Waals surface area contributed by atoms with E-state index in [9.17, 15) is 4.79 Å². The minimum absolute atomic E-state index is 0.210. The van der Waals surface area contributed by atoms with Crippen molar-refractivity contribution in [1.29, 1.82) is 0 Å². The van der Waals surface area contributed by atoms with E-state index in [-0.39, 0.29) is 12.8 Å². The third-order valence-electron chi connectivity index (χ3n) is 5.38. The van der Waals surface area contributed by atoms with Crippen molar-refractivity contribution in [3.05, 3.63) is 58.6 Å². The molecule has 2 aliphatic heterocycles. The largest absolute Gasteiger partial charge is 0.454 e. The lowest BCUT2D eigenvalue weighted by Gasteiger charge is -2.35. The summed E-state index contributed by atoms with van der Waals surface area (Å²) >= 11 is 12.1. The molecule has 0 unspecified atom stereocenters. The summed E-state index contributed by atoms with van der Waals surface area (Å²) in [5.74, 6) is 2.21. The molecule has 32 heavy (non-hydrogen) atoms. The van der Waals surface area contributed by atoms with Gasteiger partial charge in [-0.25, -0.2) is 4.79 Å². The highest BCUT2D eigenvalue weighted by Gasteiger charge is 2.23. The number of halogens is 2. The number of carbonyl (C=O) groups excluding carboxylic acids is 1. The first-order chi connectivity index (χ1) is 15.6. The molecule has 5 rings (SSSR count). The molecule has 3 heterocycles. The van der Waals surface area contributed by atoms with Crippen LogP contribution in [0.2, 0.25) is 10.0 Å². The van der Waals surface area contributed by atoms with Gasteiger partial charge < -0.3 is 24.6 Å². The number of hydrogen-bond donors (Lipinski definition) is 1. The predicted molar refractivity (Wildman–Crippen MR) is 123 cm³/mol. The van der Waals surface area contributed by atoms with E-state index < -0.39 is 0 Å². The van der Waals surface area contributed by atoms with Crippen molar-refractivity contribution in [2.24, 2.45) is 0 Å². The highest BCUT2D eigenvalue weighted by atomic mass is 35.5. The van der Waals surface area contributed by atoms with Gasteiger partial charge in [0.05, 0.1) is 16.4 Å². The van der Waals surface area contributed by atoms with Crippen LogP contribution in [0.3, 0.4) is 0 Å². The average Bonchev–Trinajstić information content (AvgIpc) is 3.30. The number of piperazine rings is 1. The third-order valence-corrected chi connectivity index (χ3v) is 5.94. The summed E-state index contributed by atoms with van der Waals surface area (Å²) in [6, 6.07) is 14.3. The molecule has 3 aromatic rings. The summed E-state index contributed by atoms with van der Waals surface area (Å²) in [4.78, 5) is 16.4. The van der Waals surface area contributed by atoms with Crippen molar-refractivity contribution in [2.45, 2.75) is 0 Å². The topological polar surface area (TPSA) is 79.8 Å². The molecule has 0 radical (unpaired) electrons. The maximum absolute atomic E-state index is 12.6. The molecule has 2 aliphatic rings. The van der Waals surface area contributed by atoms with E-state index in [4.69, 9.17) is 32.7 Å². The van der Waals surface area contributed by atoms with Gasteiger partial charge in [-0.05, 0) is 48.5 Å². The Morgan fingerprint density at radius 1 is 0.906 bits per heavy atom. The quantitative estimate of drug-likeness (QED) is 0.604. The molecule has 0 aliphatic carbocycles. The van der Waals surface area contributed by atoms with Crippen LogP contribution in [0.1, 0.15) is 0 Å². The van der Waals surface area contributed by atoms with Gasteiger partial charge in [-0.15, -0.1) is 10.2 Å². The van der Waals surface area contributed by atoms with Crippen molar-refractivity contribution >= 4 is 40.7 Å². The number of nitrogens with one attached hydrogen (secondary N) is 1. The standard InChI is InChI=1S/C22H19Cl2N5O3/c23-15-2-3-16(24)18(12-15)25-22(30)29-9-7-28(8-10-29)21-6-4-17(26-27-21)14-1-5-19-20(11-14)32-13-31-19/h1-6,11-12H,7-10,13H2,(H,25,30). The van der Waals surface area contributed by atoms with Gasteiger partial charge in [0, 0.05) is 36.8 Å². The number of aromatic nitrogens is 2. The number of nitrogens with zero attached hydrogens (tertiary/aromatic N) is 4. The minimum atomic E-state index is -0.210. The molecule has 2 amide bonds. The van der Waals surface area contributed by atoms with Crippen LogP contribution in [0.15, 0.2) is 48.5 Å². The van der Waals surface area contributed by atoms with Crippen LogP contribution in [0.5, 0.6) is 11.5 Å². The molecule has 8 nitrogen and oxygen atoms in total. The first kappa shape index (κ1) is 20.7. The number of rotatable bonds is 3. The first-order valence-corrected chi connectivity index (χ1v) is 10.8. The lowest BCUT2D eigenvalue weighted by atomic mass is 10.1. The van der Waals surface area contributed by atoms with Crippen LogP contribution in [0.4, 0.5) is 16.3 Å². The monoisotopic (exact) mass is 471 g/mol. The summed E-state index contributed by atoms with van der Waals surface area (Å²) in [5, 5.41) is 12.5. The number of carbonyl (C=O) groups is 1. The fourth-order valence-electron chi connectivity index (χ4n) is 3.63. The molecule has 164 valence electrons. The van der Waals surface area contributed by atoms with Crippen molar-refractivity contribution in [1.82, 2.24) is 15.1 Å². The molecule has 10 heteroatoms. The zero-order valence-electron chi connectivity index (χ0n) is 16.9. The molecule has 1 fully saturated rings. The Labute approximate surface area is 194 Å². The van der Waals surface area contributed by atoms with Crippen LogP contribution >= 0.6 is 23.2 Å². The number of urea groups is 1. The number of ether oxygens (including phenoxy) is 2. The summed E-state index contributed by atoms with van der Waals surface area (Å²) in [6.07, 6.45) is 0. The molecule has 1 saturated heterocycles. The van der Waals surface area contributed by atoms with E-state index in [2.05, 4.69) is 20.4 Å². The smallest absolute Gasteiger partial charge is 0.322 e. The van der Waals surface area contributed by atoms with Gasteiger partial charge in [0.2, 0.25) is 6.79 Å². The Kier molecular flexibility index (Phi) is 5.63. The molecule has 0 bridgehead atoms. The number of hydrogen-bond acceptors (Lipinski definition) is 6. The number of benzene rings is 2. The molecule has 0 spiro atoms. The Balaban J connectivity index is 1.20. The van der Waals surface area contributed by atoms with Crippen LogP contribution in [0.25, 0.3) is 11.3 Å². The second-order valence-corrected chi connectivity index (χ2v) is 8.22. The maximum atomic E-state index is 12.6. The van der Waals surface area contributed by atoms with Crippen LogP contribution in [-0.4, -0.2) is 54.1 Å². The van der Waals surface area contributed by atoms with Gasteiger partial charge in [0.15, 0.2) is 17.3 Å². The second kappa shape index (κ2) is 8.72. The lowest BCUT2D eigenvalue weighted by Crippen LogP contribution is -2.50. The first-order valence-electron chi connectivity index (χ1n) is 10.1. The highest BCUT2D eigenvalue weighted by molar-refractivity contribution is 6.35. The molecule has 0 atom stereocenters. The zero-order valence-corrected chi connectivity index (χ0v) is 18.4. The molecule has 1 N–H and O–H groups in total. The Hall–Kier alpha value is -3.23. The molecule has 2 aromatic carbocycles. The van der Waals surface area contributed by atoms with Crippen LogP contribution < -0.4 is 19.7 Å². The summed E-state index contributed by atoms with van der Waals surface area (Å²) in [6.45, 7) is 2.63. The lowest BCUT2D eigenvalue weighted by molar-refractivity contribution is 0.174. The summed E-state index contributed by atoms with van der Waals surface area (Å²) in [7, 11) is 0. The molecule has 1 aromatic heterocycles. The predicted octanol–water partition coefficient (Wildman–Crippen LogP) is 4.53. The van der Waals surface area contributed by atoms with Gasteiger partial charge in [-0.2, -0.15) is 0 Å². The summed E-state index contributed by atoms with van der Waals surface area (Å²) in [5.41, 5.74) is 2.16.